The van der Waals surface area contributed by atoms with Crippen LogP contribution in [0.25, 0.3) is 0 Å². The molecule has 2 rings (SSSR count). The van der Waals surface area contributed by atoms with Crippen molar-refractivity contribution in [2.45, 2.75) is 26.8 Å². The molecule has 0 N–H and O–H groups in total. The zero-order valence-electron chi connectivity index (χ0n) is 10.9. The van der Waals surface area contributed by atoms with E-state index in [-0.39, 0.29) is 10.7 Å². The summed E-state index contributed by atoms with van der Waals surface area (Å²) in [4.78, 5) is 16.2. The number of halogens is 2. The van der Waals surface area contributed by atoms with Gasteiger partial charge < -0.3 is 0 Å². The molecule has 0 aliphatic rings. The number of hydrogen-bond acceptors (Lipinski definition) is 3. The Labute approximate surface area is 124 Å². The van der Waals surface area contributed by atoms with Gasteiger partial charge in [0.05, 0.1) is 22.4 Å². The van der Waals surface area contributed by atoms with E-state index in [2.05, 4.69) is 26.0 Å². The summed E-state index contributed by atoms with van der Waals surface area (Å²) in [6.45, 7) is 4.28. The lowest BCUT2D eigenvalue weighted by atomic mass is 10.3. The van der Waals surface area contributed by atoms with Gasteiger partial charge in [0, 0.05) is 19.5 Å². The molecule has 0 spiro atoms. The van der Waals surface area contributed by atoms with E-state index in [0.29, 0.717) is 18.8 Å². The Balaban J connectivity index is 2.52. The predicted octanol–water partition coefficient (Wildman–Crippen LogP) is 2.31. The SMILES string of the molecule is CCc1nc(Cl)cc(=O)n1Cc1c(Br)c(C)nn1C. The van der Waals surface area contributed by atoms with Crippen LogP contribution in [-0.4, -0.2) is 19.3 Å². The number of hydrogen-bond donors (Lipinski definition) is 0. The third-order valence-electron chi connectivity index (χ3n) is 2.94. The van der Waals surface area contributed by atoms with Crippen LogP contribution in [0.3, 0.4) is 0 Å². The van der Waals surface area contributed by atoms with Crippen LogP contribution in [0.2, 0.25) is 5.15 Å². The van der Waals surface area contributed by atoms with Crippen LogP contribution in [0.4, 0.5) is 0 Å². The van der Waals surface area contributed by atoms with Crippen LogP contribution in [0.1, 0.15) is 24.1 Å². The van der Waals surface area contributed by atoms with Gasteiger partial charge in [0.15, 0.2) is 0 Å². The fourth-order valence-corrected chi connectivity index (χ4v) is 2.62. The Bertz CT molecular complexity index is 677. The zero-order chi connectivity index (χ0) is 14.2. The smallest absolute Gasteiger partial charge is 0.255 e. The van der Waals surface area contributed by atoms with Crippen LogP contribution >= 0.6 is 27.5 Å². The maximum absolute atomic E-state index is 12.0. The molecule has 2 heterocycles. The second kappa shape index (κ2) is 5.46. The summed E-state index contributed by atoms with van der Waals surface area (Å²) in [6.07, 6.45) is 0.643. The third kappa shape index (κ3) is 2.74. The Morgan fingerprint density at radius 1 is 1.47 bits per heavy atom. The maximum Gasteiger partial charge on any atom is 0.255 e. The molecule has 19 heavy (non-hydrogen) atoms. The fourth-order valence-electron chi connectivity index (χ4n) is 1.96. The van der Waals surface area contributed by atoms with Gasteiger partial charge >= 0.3 is 0 Å². The molecule has 0 saturated heterocycles. The van der Waals surface area contributed by atoms with Gasteiger partial charge in [-0.2, -0.15) is 5.10 Å². The van der Waals surface area contributed by atoms with E-state index in [1.807, 2.05) is 20.9 Å². The van der Waals surface area contributed by atoms with E-state index < -0.39 is 0 Å². The first-order valence-corrected chi connectivity index (χ1v) is 7.05. The molecule has 102 valence electrons. The van der Waals surface area contributed by atoms with Crippen LogP contribution in [0.15, 0.2) is 15.3 Å². The summed E-state index contributed by atoms with van der Waals surface area (Å²) in [5.74, 6) is 0.670. The molecule has 0 amide bonds. The van der Waals surface area contributed by atoms with Crippen LogP contribution in [0, 0.1) is 6.92 Å². The van der Waals surface area contributed by atoms with Crippen LogP contribution in [0.5, 0.6) is 0 Å². The molecule has 2 aromatic heterocycles. The molecule has 0 fully saturated rings. The minimum atomic E-state index is -0.150. The molecule has 7 heteroatoms. The Morgan fingerprint density at radius 2 is 2.16 bits per heavy atom. The second-order valence-corrected chi connectivity index (χ2v) is 5.42. The summed E-state index contributed by atoms with van der Waals surface area (Å²) >= 11 is 9.32. The van der Waals surface area contributed by atoms with Gasteiger partial charge in [-0.05, 0) is 22.9 Å². The molecule has 0 saturated carbocycles. The van der Waals surface area contributed by atoms with E-state index in [4.69, 9.17) is 11.6 Å². The highest BCUT2D eigenvalue weighted by atomic mass is 79.9. The van der Waals surface area contributed by atoms with Crippen molar-refractivity contribution < 1.29 is 0 Å². The lowest BCUT2D eigenvalue weighted by molar-refractivity contribution is 0.616. The standard InChI is InChI=1S/C12H14BrClN4O/c1-4-10-15-9(14)5-11(19)18(10)6-8-12(13)7(2)16-17(8)3/h5H,4,6H2,1-3H3. The molecule has 0 radical (unpaired) electrons. The van der Waals surface area contributed by atoms with Crippen molar-refractivity contribution in [1.82, 2.24) is 19.3 Å². The average Bonchev–Trinajstić information content (AvgIpc) is 2.58. The maximum atomic E-state index is 12.0. The van der Waals surface area contributed by atoms with Crippen molar-refractivity contribution in [3.63, 3.8) is 0 Å². The number of aromatic nitrogens is 4. The second-order valence-electron chi connectivity index (χ2n) is 4.24. The average molecular weight is 346 g/mol. The quantitative estimate of drug-likeness (QED) is 0.802. The first-order valence-electron chi connectivity index (χ1n) is 5.88. The minimum Gasteiger partial charge on any atom is -0.290 e. The highest BCUT2D eigenvalue weighted by Crippen LogP contribution is 2.21. The van der Waals surface area contributed by atoms with Gasteiger partial charge in [-0.1, -0.05) is 18.5 Å². The topological polar surface area (TPSA) is 52.7 Å². The number of aryl methyl sites for hydroxylation is 3. The Morgan fingerprint density at radius 3 is 2.68 bits per heavy atom. The molecule has 0 aromatic carbocycles. The fraction of sp³-hybridized carbons (Fsp3) is 0.417. The number of rotatable bonds is 3. The van der Waals surface area contributed by atoms with E-state index in [1.54, 1.807) is 9.25 Å². The molecular weight excluding hydrogens is 332 g/mol. The highest BCUT2D eigenvalue weighted by Gasteiger charge is 2.14. The molecule has 0 unspecified atom stereocenters. The van der Waals surface area contributed by atoms with E-state index >= 15 is 0 Å². The lowest BCUT2D eigenvalue weighted by Gasteiger charge is -2.11. The van der Waals surface area contributed by atoms with E-state index in [0.717, 1.165) is 15.9 Å². The zero-order valence-corrected chi connectivity index (χ0v) is 13.3. The van der Waals surface area contributed by atoms with Gasteiger partial charge in [-0.25, -0.2) is 4.98 Å². The summed E-state index contributed by atoms with van der Waals surface area (Å²) < 4.78 is 4.30. The Kier molecular flexibility index (Phi) is 4.10. The molecule has 5 nitrogen and oxygen atoms in total. The molecule has 0 atom stereocenters. The van der Waals surface area contributed by atoms with Crippen LogP contribution in [-0.2, 0) is 20.0 Å². The summed E-state index contributed by atoms with van der Waals surface area (Å²) in [7, 11) is 1.85. The first kappa shape index (κ1) is 14.3. The van der Waals surface area contributed by atoms with Gasteiger partial charge in [-0.15, -0.1) is 0 Å². The molecule has 0 bridgehead atoms. The molecular formula is C12H14BrClN4O. The third-order valence-corrected chi connectivity index (χ3v) is 4.17. The number of nitrogens with zero attached hydrogens (tertiary/aromatic N) is 4. The van der Waals surface area contributed by atoms with E-state index in [1.165, 1.54) is 6.07 Å². The molecule has 2 aromatic rings. The minimum absolute atomic E-state index is 0.150. The van der Waals surface area contributed by atoms with Crippen molar-refractivity contribution in [2.24, 2.45) is 7.05 Å². The Hall–Kier alpha value is -1.14. The summed E-state index contributed by atoms with van der Waals surface area (Å²) in [5, 5.41) is 4.55. The lowest BCUT2D eigenvalue weighted by Crippen LogP contribution is -2.25. The summed E-state index contributed by atoms with van der Waals surface area (Å²) in [6, 6.07) is 1.33. The van der Waals surface area contributed by atoms with E-state index in [9.17, 15) is 4.79 Å². The normalized spacial score (nSPS) is 11.0. The predicted molar refractivity (Wildman–Crippen MR) is 77.6 cm³/mol. The van der Waals surface area contributed by atoms with Crippen molar-refractivity contribution in [3.8, 4) is 0 Å². The highest BCUT2D eigenvalue weighted by molar-refractivity contribution is 9.10. The van der Waals surface area contributed by atoms with Crippen molar-refractivity contribution in [2.75, 3.05) is 0 Å². The van der Waals surface area contributed by atoms with Crippen molar-refractivity contribution in [1.29, 1.82) is 0 Å². The van der Waals surface area contributed by atoms with Gasteiger partial charge in [-0.3, -0.25) is 14.0 Å². The molecule has 0 aliphatic carbocycles. The monoisotopic (exact) mass is 344 g/mol. The van der Waals surface area contributed by atoms with Gasteiger partial charge in [0.25, 0.3) is 5.56 Å². The summed E-state index contributed by atoms with van der Waals surface area (Å²) in [5.41, 5.74) is 1.67. The first-order chi connectivity index (χ1) is 8.93. The van der Waals surface area contributed by atoms with Crippen LogP contribution < -0.4 is 5.56 Å². The van der Waals surface area contributed by atoms with Gasteiger partial charge in [0.1, 0.15) is 11.0 Å². The van der Waals surface area contributed by atoms with Crippen molar-refractivity contribution in [3.05, 3.63) is 43.3 Å². The van der Waals surface area contributed by atoms with Gasteiger partial charge in [0.2, 0.25) is 0 Å². The molecule has 0 aliphatic heterocycles. The van der Waals surface area contributed by atoms with Crippen molar-refractivity contribution >= 4 is 27.5 Å². The largest absolute Gasteiger partial charge is 0.290 e.